The summed E-state index contributed by atoms with van der Waals surface area (Å²) in [5.41, 5.74) is 1.01. The Bertz CT molecular complexity index is 1100. The lowest BCUT2D eigenvalue weighted by Gasteiger charge is -2.37. The smallest absolute Gasteiger partial charge is 0.329 e. The molecule has 2 aliphatic heterocycles. The van der Waals surface area contributed by atoms with Gasteiger partial charge in [0.1, 0.15) is 11.8 Å². The molecule has 0 radical (unpaired) electrons. The highest BCUT2D eigenvalue weighted by atomic mass is 35.5. The average molecular weight is 461 g/mol. The van der Waals surface area contributed by atoms with Crippen LogP contribution in [0.5, 0.6) is 5.75 Å². The number of anilines is 2. The summed E-state index contributed by atoms with van der Waals surface area (Å²) in [5.74, 6) is -0.496. The average Bonchev–Trinajstić information content (AvgIpc) is 3.06. The molecule has 8 nitrogen and oxygen atoms in total. The van der Waals surface area contributed by atoms with Crippen molar-refractivity contribution in [1.82, 2.24) is 10.2 Å². The summed E-state index contributed by atoms with van der Waals surface area (Å²) in [6.07, 6.45) is 1.55. The second-order valence-corrected chi connectivity index (χ2v) is 7.94. The molecule has 31 heavy (non-hydrogen) atoms. The Morgan fingerprint density at radius 2 is 1.77 bits per heavy atom. The molecule has 2 atom stereocenters. The van der Waals surface area contributed by atoms with Gasteiger partial charge in [0.2, 0.25) is 0 Å². The number of carbonyl (C=O) groups is 3. The molecule has 0 saturated carbocycles. The standard InChI is InChI=1S/C21H18Cl2N4O4/c1-26-10-14(19(28)24-15-9-12(23)5-8-16(15)31-2)17-18(26)20(29)27(21(30)25-17)13-6-3-11(22)4-7-13/h3-10,17-18H,1-2H3,(H,24,28)(H,25,30). The molecule has 2 aliphatic rings. The van der Waals surface area contributed by atoms with E-state index in [1.54, 1.807) is 60.6 Å². The Hall–Kier alpha value is -3.23. The number of nitrogens with one attached hydrogen (secondary N) is 2. The number of fused-ring (bicyclic) bond motifs is 1. The van der Waals surface area contributed by atoms with Crippen LogP contribution in [-0.2, 0) is 9.59 Å². The zero-order valence-corrected chi connectivity index (χ0v) is 18.1. The van der Waals surface area contributed by atoms with Gasteiger partial charge < -0.3 is 20.3 Å². The van der Waals surface area contributed by atoms with Crippen LogP contribution in [-0.4, -0.2) is 49.0 Å². The predicted molar refractivity (Wildman–Crippen MR) is 118 cm³/mol. The second kappa shape index (κ2) is 8.13. The Morgan fingerprint density at radius 3 is 2.45 bits per heavy atom. The molecule has 0 aromatic heterocycles. The molecular weight excluding hydrogens is 443 g/mol. The third kappa shape index (κ3) is 3.80. The zero-order chi connectivity index (χ0) is 22.3. The van der Waals surface area contributed by atoms with Crippen LogP contribution in [0, 0.1) is 0 Å². The third-order valence-corrected chi connectivity index (χ3v) is 5.63. The van der Waals surface area contributed by atoms with E-state index in [1.165, 1.54) is 7.11 Å². The maximum Gasteiger partial charge on any atom is 0.329 e. The molecule has 1 fully saturated rings. The molecule has 0 spiro atoms. The maximum absolute atomic E-state index is 13.2. The first-order valence-electron chi connectivity index (χ1n) is 9.28. The topological polar surface area (TPSA) is 91.0 Å². The van der Waals surface area contributed by atoms with Gasteiger partial charge in [-0.2, -0.15) is 0 Å². The van der Waals surface area contributed by atoms with Crippen molar-refractivity contribution < 1.29 is 19.1 Å². The number of imide groups is 1. The van der Waals surface area contributed by atoms with Crippen molar-refractivity contribution in [2.24, 2.45) is 0 Å². The molecule has 2 unspecified atom stereocenters. The Labute approximate surface area is 188 Å². The normalized spacial score (nSPS) is 20.2. The molecule has 10 heteroatoms. The first-order valence-corrected chi connectivity index (χ1v) is 10.0. The fourth-order valence-electron chi connectivity index (χ4n) is 3.70. The summed E-state index contributed by atoms with van der Waals surface area (Å²) in [5, 5.41) is 6.42. The lowest BCUT2D eigenvalue weighted by molar-refractivity contribution is -0.122. The Kier molecular flexibility index (Phi) is 5.51. The van der Waals surface area contributed by atoms with Gasteiger partial charge in [-0.1, -0.05) is 23.2 Å². The van der Waals surface area contributed by atoms with Crippen LogP contribution in [0.15, 0.2) is 54.2 Å². The minimum Gasteiger partial charge on any atom is -0.495 e. The van der Waals surface area contributed by atoms with Gasteiger partial charge in [0.25, 0.3) is 11.8 Å². The quantitative estimate of drug-likeness (QED) is 0.730. The fraction of sp³-hybridized carbons (Fsp3) is 0.190. The minimum absolute atomic E-state index is 0.243. The number of hydrogen-bond acceptors (Lipinski definition) is 5. The lowest BCUT2D eigenvalue weighted by atomic mass is 9.99. The number of ether oxygens (including phenoxy) is 1. The molecule has 0 aliphatic carbocycles. The summed E-state index contributed by atoms with van der Waals surface area (Å²) in [6.45, 7) is 0. The number of benzene rings is 2. The van der Waals surface area contributed by atoms with E-state index in [1.807, 2.05) is 0 Å². The molecule has 160 valence electrons. The summed E-state index contributed by atoms with van der Waals surface area (Å²) in [7, 11) is 3.15. The molecule has 2 N–H and O–H groups in total. The monoisotopic (exact) mass is 460 g/mol. The highest BCUT2D eigenvalue weighted by Crippen LogP contribution is 2.32. The van der Waals surface area contributed by atoms with Crippen molar-refractivity contribution >= 4 is 52.4 Å². The predicted octanol–water partition coefficient (Wildman–Crippen LogP) is 3.26. The number of halogens is 2. The van der Waals surface area contributed by atoms with Gasteiger partial charge in [-0.05, 0) is 42.5 Å². The second-order valence-electron chi connectivity index (χ2n) is 7.07. The number of amides is 4. The molecule has 0 bridgehead atoms. The van der Waals surface area contributed by atoms with Gasteiger partial charge in [-0.25, -0.2) is 9.69 Å². The van der Waals surface area contributed by atoms with E-state index in [0.717, 1.165) is 4.90 Å². The zero-order valence-electron chi connectivity index (χ0n) is 16.6. The van der Waals surface area contributed by atoms with E-state index in [4.69, 9.17) is 27.9 Å². The molecule has 4 rings (SSSR count). The van der Waals surface area contributed by atoms with E-state index in [-0.39, 0.29) is 5.57 Å². The maximum atomic E-state index is 13.2. The number of likely N-dealkylation sites (N-methyl/N-ethyl adjacent to an activating group) is 1. The Balaban J connectivity index is 1.58. The first-order chi connectivity index (χ1) is 14.8. The van der Waals surface area contributed by atoms with Crippen LogP contribution in [0.4, 0.5) is 16.2 Å². The number of rotatable bonds is 4. The van der Waals surface area contributed by atoms with Crippen molar-refractivity contribution in [3.63, 3.8) is 0 Å². The number of urea groups is 1. The van der Waals surface area contributed by atoms with E-state index in [9.17, 15) is 14.4 Å². The van der Waals surface area contributed by atoms with E-state index in [2.05, 4.69) is 10.6 Å². The van der Waals surface area contributed by atoms with Gasteiger partial charge >= 0.3 is 6.03 Å². The van der Waals surface area contributed by atoms with Gasteiger partial charge in [-0.3, -0.25) is 9.59 Å². The summed E-state index contributed by atoms with van der Waals surface area (Å²) >= 11 is 11.9. The van der Waals surface area contributed by atoms with E-state index < -0.39 is 29.9 Å². The fourth-order valence-corrected chi connectivity index (χ4v) is 3.99. The number of carbonyl (C=O) groups excluding carboxylic acids is 3. The van der Waals surface area contributed by atoms with Crippen molar-refractivity contribution in [2.75, 3.05) is 24.4 Å². The summed E-state index contributed by atoms with van der Waals surface area (Å²) in [6, 6.07) is 8.99. The largest absolute Gasteiger partial charge is 0.495 e. The van der Waals surface area contributed by atoms with Crippen LogP contribution < -0.4 is 20.3 Å². The van der Waals surface area contributed by atoms with E-state index >= 15 is 0 Å². The molecule has 2 aromatic rings. The number of hydrogen-bond donors (Lipinski definition) is 2. The van der Waals surface area contributed by atoms with Crippen LogP contribution >= 0.6 is 23.2 Å². The molecule has 1 saturated heterocycles. The van der Waals surface area contributed by atoms with Crippen LogP contribution in [0.25, 0.3) is 0 Å². The summed E-state index contributed by atoms with van der Waals surface area (Å²) in [4.78, 5) is 41.6. The van der Waals surface area contributed by atoms with Crippen molar-refractivity contribution in [3.05, 3.63) is 64.3 Å². The van der Waals surface area contributed by atoms with Gasteiger partial charge in [0.05, 0.1) is 30.1 Å². The molecule has 2 heterocycles. The van der Waals surface area contributed by atoms with Gasteiger partial charge in [-0.15, -0.1) is 0 Å². The highest BCUT2D eigenvalue weighted by molar-refractivity contribution is 6.31. The van der Waals surface area contributed by atoms with Crippen LogP contribution in [0.2, 0.25) is 10.0 Å². The number of methoxy groups -OCH3 is 1. The Morgan fingerprint density at radius 1 is 1.10 bits per heavy atom. The number of nitrogens with zero attached hydrogens (tertiary/aromatic N) is 2. The first kappa shape index (κ1) is 21.0. The van der Waals surface area contributed by atoms with Crippen LogP contribution in [0.1, 0.15) is 0 Å². The van der Waals surface area contributed by atoms with E-state index in [0.29, 0.717) is 27.2 Å². The SMILES string of the molecule is COc1ccc(Cl)cc1NC(=O)C1=CN(C)C2C(=O)N(c3ccc(Cl)cc3)C(=O)NC12. The van der Waals surface area contributed by atoms with Crippen molar-refractivity contribution in [2.45, 2.75) is 12.1 Å². The highest BCUT2D eigenvalue weighted by Gasteiger charge is 2.49. The lowest BCUT2D eigenvalue weighted by Crippen LogP contribution is -2.65. The molecule has 4 amide bonds. The third-order valence-electron chi connectivity index (χ3n) is 5.14. The van der Waals surface area contributed by atoms with Gasteiger partial charge in [0.15, 0.2) is 0 Å². The summed E-state index contributed by atoms with van der Waals surface area (Å²) < 4.78 is 5.25. The van der Waals surface area contributed by atoms with Crippen molar-refractivity contribution in [1.29, 1.82) is 0 Å². The minimum atomic E-state index is -0.807. The van der Waals surface area contributed by atoms with Gasteiger partial charge in [0, 0.05) is 23.3 Å². The van der Waals surface area contributed by atoms with Crippen LogP contribution in [0.3, 0.4) is 0 Å². The van der Waals surface area contributed by atoms with Crippen molar-refractivity contribution in [3.8, 4) is 5.75 Å². The molecule has 2 aromatic carbocycles. The molecular formula is C21H18Cl2N4O4.